The van der Waals surface area contributed by atoms with E-state index >= 15 is 0 Å². The first-order valence-electron chi connectivity index (χ1n) is 15.7. The van der Waals surface area contributed by atoms with Crippen LogP contribution in [0.4, 0.5) is 14.4 Å². The lowest BCUT2D eigenvalue weighted by molar-refractivity contribution is 0.0139. The van der Waals surface area contributed by atoms with E-state index in [1.165, 1.54) is 16.8 Å². The van der Waals surface area contributed by atoms with Gasteiger partial charge in [0.2, 0.25) is 6.41 Å². The Balaban J connectivity index is 1.21. The molecule has 6 rings (SSSR count). The molecular formula is C35H36FN7O5S. The number of carbonyl (C=O) groups excluding carboxylic acids is 3. The molecule has 14 heteroatoms. The fourth-order valence-electron chi connectivity index (χ4n) is 5.78. The Morgan fingerprint density at radius 2 is 1.73 bits per heavy atom. The van der Waals surface area contributed by atoms with Gasteiger partial charge in [0, 0.05) is 50.5 Å². The molecule has 1 aliphatic rings. The average molecular weight is 686 g/mol. The number of amides is 2. The van der Waals surface area contributed by atoms with Gasteiger partial charge in [-0.2, -0.15) is 5.10 Å². The highest BCUT2D eigenvalue weighted by Crippen LogP contribution is 2.28. The molecule has 1 saturated heterocycles. The van der Waals surface area contributed by atoms with Crippen molar-refractivity contribution in [2.45, 2.75) is 39.5 Å². The van der Waals surface area contributed by atoms with E-state index < -0.39 is 17.1 Å². The van der Waals surface area contributed by atoms with Gasteiger partial charge in [-0.25, -0.2) is 8.77 Å². The molecule has 0 aliphatic carbocycles. The molecule has 2 amide bonds. The monoisotopic (exact) mass is 685 g/mol. The standard InChI is InChI=1S/C35H36FN7O5S/c1-35(2,3)48-34(47)40-13-11-39(12-14-40)19-25-9-10-30-26(15-25)17-31(42(30)23-44)29-16-27(21-43(49-36)33(29)46)32(45)38-28-18-37-41(22-28)20-24-7-5-4-6-8-24/h4-10,15-18,21-23H,11-14,19-20H2,1-3H3,(H,38,45). The number of carbonyl (C=O) groups is 3. The lowest BCUT2D eigenvalue weighted by Gasteiger charge is -2.35. The fraction of sp³-hybridized carbons (Fsp3) is 0.286. The number of hydrogen-bond acceptors (Lipinski definition) is 8. The summed E-state index contributed by atoms with van der Waals surface area (Å²) in [5.74, 6) is -0.578. The van der Waals surface area contributed by atoms with Gasteiger partial charge in [-0.1, -0.05) is 36.4 Å². The molecule has 0 radical (unpaired) electrons. The lowest BCUT2D eigenvalue weighted by atomic mass is 10.1. The molecule has 49 heavy (non-hydrogen) atoms. The Morgan fingerprint density at radius 1 is 0.980 bits per heavy atom. The zero-order valence-electron chi connectivity index (χ0n) is 27.3. The molecule has 0 bridgehead atoms. The van der Waals surface area contributed by atoms with Crippen molar-refractivity contribution >= 4 is 47.3 Å². The van der Waals surface area contributed by atoms with Crippen LogP contribution in [-0.4, -0.2) is 78.3 Å². The highest BCUT2D eigenvalue weighted by molar-refractivity contribution is 7.92. The minimum absolute atomic E-state index is 0.0133. The van der Waals surface area contributed by atoms with Crippen LogP contribution in [0.3, 0.4) is 0 Å². The molecule has 12 nitrogen and oxygen atoms in total. The van der Waals surface area contributed by atoms with Crippen molar-refractivity contribution in [2.24, 2.45) is 0 Å². The van der Waals surface area contributed by atoms with E-state index in [4.69, 9.17) is 4.74 Å². The van der Waals surface area contributed by atoms with Crippen molar-refractivity contribution in [2.75, 3.05) is 31.5 Å². The van der Waals surface area contributed by atoms with Gasteiger partial charge in [-0.3, -0.25) is 28.5 Å². The number of hydrogen-bond donors (Lipinski definition) is 1. The van der Waals surface area contributed by atoms with E-state index in [0.29, 0.717) is 62.3 Å². The number of benzene rings is 2. The summed E-state index contributed by atoms with van der Waals surface area (Å²) < 4.78 is 23.2. The highest BCUT2D eigenvalue weighted by Gasteiger charge is 2.26. The molecule has 3 aromatic heterocycles. The van der Waals surface area contributed by atoms with Crippen molar-refractivity contribution in [3.63, 3.8) is 0 Å². The van der Waals surface area contributed by atoms with Gasteiger partial charge in [0.25, 0.3) is 11.5 Å². The predicted molar refractivity (Wildman–Crippen MR) is 187 cm³/mol. The molecular weight excluding hydrogens is 649 g/mol. The number of fused-ring (bicyclic) bond motifs is 1. The third kappa shape index (κ3) is 7.76. The number of rotatable bonds is 9. The van der Waals surface area contributed by atoms with Crippen molar-refractivity contribution in [1.29, 1.82) is 0 Å². The van der Waals surface area contributed by atoms with Crippen LogP contribution >= 0.6 is 12.3 Å². The molecule has 1 fully saturated rings. The normalized spacial score (nSPS) is 13.8. The van der Waals surface area contributed by atoms with Crippen LogP contribution in [0.15, 0.2) is 84.0 Å². The van der Waals surface area contributed by atoms with E-state index in [9.17, 15) is 23.1 Å². The fourth-order valence-corrected chi connectivity index (χ4v) is 6.10. The van der Waals surface area contributed by atoms with Crippen LogP contribution in [-0.2, 0) is 22.6 Å². The van der Waals surface area contributed by atoms with Crippen molar-refractivity contribution in [3.8, 4) is 11.3 Å². The summed E-state index contributed by atoms with van der Waals surface area (Å²) >= 11 is -0.334. The number of nitrogens with zero attached hydrogens (tertiary/aromatic N) is 6. The number of aromatic nitrogens is 4. The van der Waals surface area contributed by atoms with Gasteiger partial charge in [0.15, 0.2) is 12.3 Å². The summed E-state index contributed by atoms with van der Waals surface area (Å²) in [6.07, 6.45) is 4.57. The first kappa shape index (κ1) is 33.7. The number of nitrogens with one attached hydrogen (secondary N) is 1. The van der Waals surface area contributed by atoms with Crippen LogP contribution < -0.4 is 10.9 Å². The molecule has 1 N–H and O–H groups in total. The van der Waals surface area contributed by atoms with E-state index in [1.54, 1.807) is 27.9 Å². The minimum Gasteiger partial charge on any atom is -0.444 e. The molecule has 2 aromatic carbocycles. The summed E-state index contributed by atoms with van der Waals surface area (Å²) in [4.78, 5) is 55.4. The first-order chi connectivity index (χ1) is 23.5. The highest BCUT2D eigenvalue weighted by atomic mass is 32.2. The second-order valence-corrected chi connectivity index (χ2v) is 13.4. The molecule has 0 atom stereocenters. The van der Waals surface area contributed by atoms with Crippen LogP contribution in [0.2, 0.25) is 0 Å². The van der Waals surface area contributed by atoms with E-state index in [2.05, 4.69) is 15.3 Å². The molecule has 1 aliphatic heterocycles. The zero-order chi connectivity index (χ0) is 34.7. The smallest absolute Gasteiger partial charge is 0.410 e. The largest absolute Gasteiger partial charge is 0.444 e. The maximum Gasteiger partial charge on any atom is 0.410 e. The van der Waals surface area contributed by atoms with Gasteiger partial charge in [0.1, 0.15) is 5.60 Å². The zero-order valence-corrected chi connectivity index (χ0v) is 28.2. The van der Waals surface area contributed by atoms with Crippen LogP contribution in [0.5, 0.6) is 0 Å². The van der Waals surface area contributed by atoms with Crippen LogP contribution in [0, 0.1) is 0 Å². The van der Waals surface area contributed by atoms with E-state index in [-0.39, 0.29) is 35.2 Å². The minimum atomic E-state index is -0.714. The summed E-state index contributed by atoms with van der Waals surface area (Å²) in [7, 11) is 0. The number of piperazine rings is 1. The first-order valence-corrected chi connectivity index (χ1v) is 16.4. The molecule has 4 heterocycles. The maximum atomic E-state index is 14.0. The molecule has 5 aromatic rings. The van der Waals surface area contributed by atoms with Gasteiger partial charge in [-0.15, -0.1) is 3.89 Å². The average Bonchev–Trinajstić information content (AvgIpc) is 3.67. The second-order valence-electron chi connectivity index (χ2n) is 12.9. The Kier molecular flexibility index (Phi) is 9.69. The number of pyridine rings is 1. The SMILES string of the molecule is CC(C)(C)OC(=O)N1CCN(Cc2ccc3c(c2)cc(-c2cc(C(=O)Nc4cnn(Cc5ccccc5)c4)cn(SF)c2=O)n3C=O)CC1. The molecule has 0 unspecified atom stereocenters. The maximum absolute atomic E-state index is 14.0. The van der Waals surface area contributed by atoms with Gasteiger partial charge >= 0.3 is 6.09 Å². The molecule has 254 valence electrons. The van der Waals surface area contributed by atoms with Crippen molar-refractivity contribution < 1.29 is 23.0 Å². The predicted octanol–water partition coefficient (Wildman–Crippen LogP) is 5.44. The molecule has 0 spiro atoms. The Labute approximate surface area is 286 Å². The van der Waals surface area contributed by atoms with E-state index in [1.807, 2.05) is 63.2 Å². The Morgan fingerprint density at radius 3 is 2.43 bits per heavy atom. The van der Waals surface area contributed by atoms with Crippen LogP contribution in [0.25, 0.3) is 22.2 Å². The third-order valence-electron chi connectivity index (χ3n) is 8.12. The van der Waals surface area contributed by atoms with Crippen molar-refractivity contribution in [3.05, 3.63) is 106 Å². The summed E-state index contributed by atoms with van der Waals surface area (Å²) in [6, 6.07) is 18.4. The lowest BCUT2D eigenvalue weighted by Crippen LogP contribution is -2.49. The summed E-state index contributed by atoms with van der Waals surface area (Å²) in [5, 5.41) is 7.76. The quantitative estimate of drug-likeness (QED) is 0.204. The number of halogens is 1. The van der Waals surface area contributed by atoms with Crippen molar-refractivity contribution in [1.82, 2.24) is 28.1 Å². The Bertz CT molecular complexity index is 2060. The van der Waals surface area contributed by atoms with Gasteiger partial charge < -0.3 is 15.0 Å². The second kappa shape index (κ2) is 14.1. The van der Waals surface area contributed by atoms with Gasteiger partial charge in [-0.05, 0) is 56.2 Å². The van der Waals surface area contributed by atoms with E-state index in [0.717, 1.165) is 21.3 Å². The topological polar surface area (TPSA) is 124 Å². The molecule has 0 saturated carbocycles. The Hall–Kier alpha value is -5.21. The third-order valence-corrected chi connectivity index (χ3v) is 8.54. The number of anilines is 1. The van der Waals surface area contributed by atoms with Crippen LogP contribution in [0.1, 0.15) is 42.3 Å². The number of ether oxygens (including phenoxy) is 1. The van der Waals surface area contributed by atoms with Gasteiger partial charge in [0.05, 0.1) is 40.8 Å². The summed E-state index contributed by atoms with van der Waals surface area (Å²) in [6.45, 7) is 9.07. The summed E-state index contributed by atoms with van der Waals surface area (Å²) in [5.41, 5.74) is 1.96.